The molecule has 0 atom stereocenters. The molecule has 0 amide bonds. The highest BCUT2D eigenvalue weighted by Gasteiger charge is 2.19. The maximum atomic E-state index is 13.4. The lowest BCUT2D eigenvalue weighted by Gasteiger charge is -2.14. The van der Waals surface area contributed by atoms with Crippen molar-refractivity contribution >= 4 is 22.3 Å². The summed E-state index contributed by atoms with van der Waals surface area (Å²) in [4.78, 5) is 25.9. The molecule has 0 saturated heterocycles. The van der Waals surface area contributed by atoms with Gasteiger partial charge in [0.15, 0.2) is 5.78 Å². The van der Waals surface area contributed by atoms with Gasteiger partial charge in [-0.2, -0.15) is 0 Å². The van der Waals surface area contributed by atoms with Crippen molar-refractivity contribution in [2.45, 2.75) is 32.6 Å². The Bertz CT molecular complexity index is 850. The van der Waals surface area contributed by atoms with E-state index in [0.29, 0.717) is 17.3 Å². The van der Waals surface area contributed by atoms with Crippen molar-refractivity contribution < 1.29 is 13.6 Å². The van der Waals surface area contributed by atoms with Crippen LogP contribution in [-0.4, -0.2) is 10.8 Å². The molecule has 2 aromatic rings. The number of carbonyl (C=O) groups excluding carboxylic acids is 1. The van der Waals surface area contributed by atoms with Gasteiger partial charge in [0.05, 0.1) is 0 Å². The fourth-order valence-corrected chi connectivity index (χ4v) is 2.92. The Morgan fingerprint density at radius 3 is 2.64 bits per heavy atom. The van der Waals surface area contributed by atoms with Crippen molar-refractivity contribution in [1.29, 1.82) is 0 Å². The quantitative estimate of drug-likeness (QED) is 0.914. The Morgan fingerprint density at radius 1 is 1.18 bits per heavy atom. The molecule has 1 N–H and O–H groups in total. The molecule has 22 heavy (non-hydrogen) atoms. The van der Waals surface area contributed by atoms with E-state index >= 15 is 0 Å². The minimum absolute atomic E-state index is 0.0355. The summed E-state index contributed by atoms with van der Waals surface area (Å²) in [5.41, 5.74) is 1.31. The molecule has 114 valence electrons. The number of fused-ring (bicyclic) bond motifs is 1. The van der Waals surface area contributed by atoms with E-state index in [9.17, 15) is 18.4 Å². The highest BCUT2D eigenvalue weighted by atomic mass is 19.3. The second-order valence-electron chi connectivity index (χ2n) is 5.54. The molecule has 0 bridgehead atoms. The van der Waals surface area contributed by atoms with Crippen molar-refractivity contribution in [3.05, 3.63) is 51.3 Å². The minimum Gasteiger partial charge on any atom is -0.322 e. The van der Waals surface area contributed by atoms with E-state index in [1.165, 1.54) is 6.92 Å². The zero-order chi connectivity index (χ0) is 15.9. The van der Waals surface area contributed by atoms with Crippen LogP contribution in [0.2, 0.25) is 0 Å². The van der Waals surface area contributed by atoms with Gasteiger partial charge < -0.3 is 4.98 Å². The number of H-pyrrole nitrogens is 1. The van der Waals surface area contributed by atoms with E-state index in [0.717, 1.165) is 24.0 Å². The molecule has 0 saturated carbocycles. The van der Waals surface area contributed by atoms with Crippen LogP contribution >= 0.6 is 0 Å². The van der Waals surface area contributed by atoms with Crippen molar-refractivity contribution in [1.82, 2.24) is 4.98 Å². The summed E-state index contributed by atoms with van der Waals surface area (Å²) in [6.07, 6.45) is 0.928. The molecule has 0 radical (unpaired) electrons. The molecule has 0 unspecified atom stereocenters. The van der Waals surface area contributed by atoms with Crippen LogP contribution in [-0.2, 0) is 4.79 Å². The Morgan fingerprint density at radius 2 is 1.95 bits per heavy atom. The molecule has 1 aromatic heterocycles. The van der Waals surface area contributed by atoms with Gasteiger partial charge in [-0.05, 0) is 49.1 Å². The fourth-order valence-electron chi connectivity index (χ4n) is 2.92. The van der Waals surface area contributed by atoms with Gasteiger partial charge in [-0.1, -0.05) is 6.07 Å². The third kappa shape index (κ3) is 2.47. The van der Waals surface area contributed by atoms with E-state index in [1.807, 2.05) is 0 Å². The summed E-state index contributed by atoms with van der Waals surface area (Å²) in [5.74, 6) is 0.0630. The third-order valence-corrected chi connectivity index (χ3v) is 4.10. The number of pyridine rings is 1. The van der Waals surface area contributed by atoms with E-state index in [4.69, 9.17) is 0 Å². The average molecular weight is 303 g/mol. The second kappa shape index (κ2) is 5.48. The zero-order valence-electron chi connectivity index (χ0n) is 12.1. The second-order valence-corrected chi connectivity index (χ2v) is 5.54. The van der Waals surface area contributed by atoms with Crippen LogP contribution in [0.25, 0.3) is 16.5 Å². The first kappa shape index (κ1) is 14.6. The molecule has 0 fully saturated rings. The van der Waals surface area contributed by atoms with Gasteiger partial charge >= 0.3 is 0 Å². The molecule has 1 aromatic carbocycles. The minimum atomic E-state index is -2.72. The maximum Gasteiger partial charge on any atom is 0.264 e. The van der Waals surface area contributed by atoms with Crippen LogP contribution in [0.5, 0.6) is 0 Å². The molecule has 5 heteroatoms. The first-order valence-corrected chi connectivity index (χ1v) is 7.16. The number of carbonyl (C=O) groups is 1. The van der Waals surface area contributed by atoms with Crippen LogP contribution in [0.4, 0.5) is 8.78 Å². The predicted octanol–water partition coefficient (Wildman–Crippen LogP) is 3.91. The molecule has 1 aliphatic rings. The number of ketones is 1. The number of hydrogen-bond donors (Lipinski definition) is 1. The number of aromatic nitrogens is 1. The monoisotopic (exact) mass is 303 g/mol. The van der Waals surface area contributed by atoms with Crippen LogP contribution in [0, 0.1) is 6.92 Å². The number of halogens is 2. The molecule has 1 aliphatic carbocycles. The van der Waals surface area contributed by atoms with E-state index in [1.54, 1.807) is 24.3 Å². The van der Waals surface area contributed by atoms with Crippen LogP contribution in [0.15, 0.2) is 29.1 Å². The smallest absolute Gasteiger partial charge is 0.264 e. The molecule has 3 rings (SSSR count). The SMILES string of the molecule is Cc1c(C(F)F)c2cc(C3=CC(=O)CCC3)ccc2[nH]c1=O. The molecule has 0 aliphatic heterocycles. The molecule has 0 spiro atoms. The number of nitrogens with one attached hydrogen (secondary N) is 1. The summed E-state index contributed by atoms with van der Waals surface area (Å²) >= 11 is 0. The lowest BCUT2D eigenvalue weighted by Crippen LogP contribution is -2.13. The number of rotatable bonds is 2. The van der Waals surface area contributed by atoms with Crippen molar-refractivity contribution in [2.24, 2.45) is 0 Å². The highest BCUT2D eigenvalue weighted by Crippen LogP contribution is 2.32. The van der Waals surface area contributed by atoms with Gasteiger partial charge in [0.1, 0.15) is 0 Å². The first-order valence-electron chi connectivity index (χ1n) is 7.16. The van der Waals surface area contributed by atoms with Gasteiger partial charge in [-0.3, -0.25) is 9.59 Å². The number of hydrogen-bond acceptors (Lipinski definition) is 2. The number of allylic oxidation sites excluding steroid dienone is 2. The number of benzene rings is 1. The predicted molar refractivity (Wildman–Crippen MR) is 81.1 cm³/mol. The summed E-state index contributed by atoms with van der Waals surface area (Å²) in [5, 5.41) is 0.337. The molecule has 1 heterocycles. The Hall–Kier alpha value is -2.30. The Kier molecular flexibility index (Phi) is 3.64. The number of alkyl halides is 2. The largest absolute Gasteiger partial charge is 0.322 e. The summed E-state index contributed by atoms with van der Waals surface area (Å²) in [7, 11) is 0. The first-order chi connectivity index (χ1) is 10.5. The lowest BCUT2D eigenvalue weighted by atomic mass is 9.91. The Balaban J connectivity index is 2.25. The molecular formula is C17H15F2NO2. The molecular weight excluding hydrogens is 288 g/mol. The summed E-state index contributed by atoms with van der Waals surface area (Å²) in [6.45, 7) is 1.40. The summed E-state index contributed by atoms with van der Waals surface area (Å²) in [6, 6.07) is 5.02. The van der Waals surface area contributed by atoms with E-state index < -0.39 is 12.0 Å². The van der Waals surface area contributed by atoms with Crippen molar-refractivity contribution in [2.75, 3.05) is 0 Å². The van der Waals surface area contributed by atoms with Gasteiger partial charge in [0.25, 0.3) is 12.0 Å². The van der Waals surface area contributed by atoms with Gasteiger partial charge in [0.2, 0.25) is 0 Å². The number of aromatic amines is 1. The average Bonchev–Trinajstić information content (AvgIpc) is 2.47. The van der Waals surface area contributed by atoms with Gasteiger partial charge in [-0.15, -0.1) is 0 Å². The normalized spacial score (nSPS) is 15.5. The van der Waals surface area contributed by atoms with Crippen LogP contribution < -0.4 is 5.56 Å². The zero-order valence-corrected chi connectivity index (χ0v) is 12.1. The lowest BCUT2D eigenvalue weighted by molar-refractivity contribution is -0.114. The van der Waals surface area contributed by atoms with E-state index in [-0.39, 0.29) is 16.9 Å². The van der Waals surface area contributed by atoms with Gasteiger partial charge in [0, 0.05) is 28.5 Å². The van der Waals surface area contributed by atoms with Crippen LogP contribution in [0.3, 0.4) is 0 Å². The Labute approximate surface area is 125 Å². The topological polar surface area (TPSA) is 49.9 Å². The van der Waals surface area contributed by atoms with Crippen LogP contribution in [0.1, 0.15) is 42.4 Å². The summed E-state index contributed by atoms with van der Waals surface area (Å²) < 4.78 is 26.7. The standard InChI is InChI=1S/C17H15F2NO2/c1-9-15(16(18)19)13-8-11(5-6-14(13)20-17(9)22)10-3-2-4-12(21)7-10/h5-8,16H,2-4H2,1H3,(H,20,22). The van der Waals surface area contributed by atoms with Crippen molar-refractivity contribution in [3.8, 4) is 0 Å². The van der Waals surface area contributed by atoms with E-state index in [2.05, 4.69) is 4.98 Å². The van der Waals surface area contributed by atoms with Gasteiger partial charge in [-0.25, -0.2) is 8.78 Å². The fraction of sp³-hybridized carbons (Fsp3) is 0.294. The highest BCUT2D eigenvalue weighted by molar-refractivity contribution is 5.99. The molecule has 3 nitrogen and oxygen atoms in total. The third-order valence-electron chi connectivity index (χ3n) is 4.10. The van der Waals surface area contributed by atoms with Crippen molar-refractivity contribution in [3.63, 3.8) is 0 Å². The maximum absolute atomic E-state index is 13.4.